The van der Waals surface area contributed by atoms with Crippen LogP contribution in [-0.4, -0.2) is 54.6 Å². The highest BCUT2D eigenvalue weighted by Gasteiger charge is 2.35. The number of hydrogen-bond donors (Lipinski definition) is 1. The third-order valence-corrected chi connectivity index (χ3v) is 4.69. The van der Waals surface area contributed by atoms with Gasteiger partial charge in [0.1, 0.15) is 11.9 Å². The summed E-state index contributed by atoms with van der Waals surface area (Å²) in [4.78, 5) is 21.5. The normalized spacial score (nSPS) is 22.7. The van der Waals surface area contributed by atoms with Gasteiger partial charge in [-0.3, -0.25) is 4.79 Å². The first kappa shape index (κ1) is 14.8. The summed E-state index contributed by atoms with van der Waals surface area (Å²) in [6, 6.07) is 2.02. The SMILES string of the molecule is Cc1cc(Br)cnc1N1CCCC1C(=O)N1CCNCC1. The van der Waals surface area contributed by atoms with Gasteiger partial charge < -0.3 is 15.1 Å². The maximum Gasteiger partial charge on any atom is 0.245 e. The second-order valence-electron chi connectivity index (χ2n) is 5.72. The van der Waals surface area contributed by atoms with Crippen molar-refractivity contribution < 1.29 is 4.79 Å². The molecule has 5 nitrogen and oxygen atoms in total. The van der Waals surface area contributed by atoms with Crippen molar-refractivity contribution in [2.75, 3.05) is 37.6 Å². The molecule has 1 atom stereocenters. The highest BCUT2D eigenvalue weighted by Crippen LogP contribution is 2.29. The fraction of sp³-hybridized carbons (Fsp3) is 0.600. The topological polar surface area (TPSA) is 48.5 Å². The van der Waals surface area contributed by atoms with Crippen LogP contribution in [0.2, 0.25) is 0 Å². The van der Waals surface area contributed by atoms with E-state index in [1.54, 1.807) is 0 Å². The number of pyridine rings is 1. The Morgan fingerprint density at radius 2 is 2.14 bits per heavy atom. The number of nitrogens with zero attached hydrogens (tertiary/aromatic N) is 3. The summed E-state index contributed by atoms with van der Waals surface area (Å²) in [7, 11) is 0. The lowest BCUT2D eigenvalue weighted by atomic mass is 10.1. The zero-order valence-corrected chi connectivity index (χ0v) is 13.9. The number of piperazine rings is 1. The summed E-state index contributed by atoms with van der Waals surface area (Å²) in [6.45, 7) is 6.39. The van der Waals surface area contributed by atoms with E-state index in [0.717, 1.165) is 61.4 Å². The first-order valence-electron chi connectivity index (χ1n) is 7.55. The van der Waals surface area contributed by atoms with E-state index in [-0.39, 0.29) is 11.9 Å². The van der Waals surface area contributed by atoms with Crippen molar-refractivity contribution in [1.29, 1.82) is 0 Å². The second kappa shape index (κ2) is 6.32. The molecule has 0 aromatic carbocycles. The highest BCUT2D eigenvalue weighted by atomic mass is 79.9. The number of nitrogens with one attached hydrogen (secondary N) is 1. The highest BCUT2D eigenvalue weighted by molar-refractivity contribution is 9.10. The predicted molar refractivity (Wildman–Crippen MR) is 86.5 cm³/mol. The van der Waals surface area contributed by atoms with Gasteiger partial charge in [-0.1, -0.05) is 0 Å². The Morgan fingerprint density at radius 3 is 2.86 bits per heavy atom. The molecule has 3 heterocycles. The van der Waals surface area contributed by atoms with Crippen LogP contribution in [0.4, 0.5) is 5.82 Å². The molecule has 0 radical (unpaired) electrons. The van der Waals surface area contributed by atoms with Crippen LogP contribution in [-0.2, 0) is 4.79 Å². The van der Waals surface area contributed by atoms with Gasteiger partial charge in [-0.25, -0.2) is 4.98 Å². The molecule has 0 bridgehead atoms. The molecule has 1 amide bonds. The Bertz CT molecular complexity index is 530. The van der Waals surface area contributed by atoms with E-state index in [0.29, 0.717) is 0 Å². The lowest BCUT2D eigenvalue weighted by Gasteiger charge is -2.33. The van der Waals surface area contributed by atoms with Crippen molar-refractivity contribution in [3.8, 4) is 0 Å². The van der Waals surface area contributed by atoms with Gasteiger partial charge in [-0.15, -0.1) is 0 Å². The van der Waals surface area contributed by atoms with Gasteiger partial charge in [0.05, 0.1) is 0 Å². The predicted octanol–water partition coefficient (Wildman–Crippen LogP) is 1.55. The maximum atomic E-state index is 12.8. The summed E-state index contributed by atoms with van der Waals surface area (Å²) < 4.78 is 0.980. The summed E-state index contributed by atoms with van der Waals surface area (Å²) >= 11 is 3.45. The van der Waals surface area contributed by atoms with Gasteiger partial charge in [-0.05, 0) is 47.3 Å². The summed E-state index contributed by atoms with van der Waals surface area (Å²) in [5, 5.41) is 3.29. The van der Waals surface area contributed by atoms with Gasteiger partial charge in [0, 0.05) is 43.4 Å². The molecular weight excluding hydrogens is 332 g/mol. The van der Waals surface area contributed by atoms with Crippen LogP contribution in [0.1, 0.15) is 18.4 Å². The summed E-state index contributed by atoms with van der Waals surface area (Å²) in [6.07, 6.45) is 3.80. The molecule has 114 valence electrons. The van der Waals surface area contributed by atoms with Crippen LogP contribution >= 0.6 is 15.9 Å². The number of carbonyl (C=O) groups is 1. The second-order valence-corrected chi connectivity index (χ2v) is 6.64. The minimum absolute atomic E-state index is 0.0459. The van der Waals surface area contributed by atoms with Crippen LogP contribution in [0.15, 0.2) is 16.7 Å². The number of halogens is 1. The molecule has 21 heavy (non-hydrogen) atoms. The first-order valence-corrected chi connectivity index (χ1v) is 8.34. The molecular formula is C15H21BrN4O. The minimum atomic E-state index is -0.0459. The van der Waals surface area contributed by atoms with Gasteiger partial charge >= 0.3 is 0 Å². The molecule has 2 saturated heterocycles. The Morgan fingerprint density at radius 1 is 1.38 bits per heavy atom. The van der Waals surface area contributed by atoms with Crippen molar-refractivity contribution >= 4 is 27.7 Å². The zero-order chi connectivity index (χ0) is 14.8. The number of aryl methyl sites for hydroxylation is 1. The molecule has 0 saturated carbocycles. The molecule has 2 fully saturated rings. The molecule has 0 aliphatic carbocycles. The van der Waals surface area contributed by atoms with Crippen LogP contribution in [0, 0.1) is 6.92 Å². The van der Waals surface area contributed by atoms with E-state index >= 15 is 0 Å². The summed E-state index contributed by atoms with van der Waals surface area (Å²) in [5.74, 6) is 1.21. The van der Waals surface area contributed by atoms with Crippen molar-refractivity contribution in [2.24, 2.45) is 0 Å². The number of carbonyl (C=O) groups excluding carboxylic acids is 1. The van der Waals surface area contributed by atoms with Gasteiger partial charge in [0.2, 0.25) is 5.91 Å². The van der Waals surface area contributed by atoms with Gasteiger partial charge in [0.25, 0.3) is 0 Å². The zero-order valence-electron chi connectivity index (χ0n) is 12.3. The lowest BCUT2D eigenvalue weighted by molar-refractivity contribution is -0.133. The minimum Gasteiger partial charge on any atom is -0.344 e. The van der Waals surface area contributed by atoms with Crippen LogP contribution in [0.25, 0.3) is 0 Å². The Kier molecular flexibility index (Phi) is 4.45. The number of amides is 1. The Hall–Kier alpha value is -1.14. The quantitative estimate of drug-likeness (QED) is 0.877. The maximum absolute atomic E-state index is 12.8. The number of rotatable bonds is 2. The Balaban J connectivity index is 1.80. The standard InChI is InChI=1S/C15H21BrN4O/c1-11-9-12(16)10-18-14(11)20-6-2-3-13(20)15(21)19-7-4-17-5-8-19/h9-10,13,17H,2-8H2,1H3. The largest absolute Gasteiger partial charge is 0.344 e. The molecule has 0 spiro atoms. The average molecular weight is 353 g/mol. The third-order valence-electron chi connectivity index (χ3n) is 4.26. The molecule has 3 rings (SSSR count). The molecule has 1 aromatic heterocycles. The van der Waals surface area contributed by atoms with Crippen LogP contribution < -0.4 is 10.2 Å². The number of hydrogen-bond acceptors (Lipinski definition) is 4. The smallest absolute Gasteiger partial charge is 0.245 e. The molecule has 1 unspecified atom stereocenters. The summed E-state index contributed by atoms with van der Waals surface area (Å²) in [5.41, 5.74) is 1.12. The lowest BCUT2D eigenvalue weighted by Crippen LogP contribution is -2.52. The van der Waals surface area contributed by atoms with Crippen molar-refractivity contribution in [2.45, 2.75) is 25.8 Å². The fourth-order valence-corrected chi connectivity index (χ4v) is 3.65. The Labute approximate surface area is 133 Å². The third kappa shape index (κ3) is 3.06. The van der Waals surface area contributed by atoms with Gasteiger partial charge in [-0.2, -0.15) is 0 Å². The average Bonchev–Trinajstić information content (AvgIpc) is 2.96. The van der Waals surface area contributed by atoms with Gasteiger partial charge in [0.15, 0.2) is 0 Å². The van der Waals surface area contributed by atoms with Crippen molar-refractivity contribution in [3.63, 3.8) is 0 Å². The fourth-order valence-electron chi connectivity index (χ4n) is 3.21. The van der Waals surface area contributed by atoms with Crippen LogP contribution in [0.3, 0.4) is 0 Å². The molecule has 1 N–H and O–H groups in total. The monoisotopic (exact) mass is 352 g/mol. The van der Waals surface area contributed by atoms with E-state index in [1.165, 1.54) is 0 Å². The number of aromatic nitrogens is 1. The van der Waals surface area contributed by atoms with E-state index < -0.39 is 0 Å². The van der Waals surface area contributed by atoms with E-state index in [1.807, 2.05) is 11.1 Å². The molecule has 2 aliphatic rings. The van der Waals surface area contributed by atoms with Crippen molar-refractivity contribution in [3.05, 3.63) is 22.3 Å². The van der Waals surface area contributed by atoms with Crippen molar-refractivity contribution in [1.82, 2.24) is 15.2 Å². The molecule has 2 aliphatic heterocycles. The van der Waals surface area contributed by atoms with E-state index in [2.05, 4.69) is 44.1 Å². The molecule has 1 aromatic rings. The first-order chi connectivity index (χ1) is 10.2. The van der Waals surface area contributed by atoms with Crippen LogP contribution in [0.5, 0.6) is 0 Å². The van der Waals surface area contributed by atoms with E-state index in [4.69, 9.17) is 0 Å². The number of anilines is 1. The molecule has 6 heteroatoms. The van der Waals surface area contributed by atoms with E-state index in [9.17, 15) is 4.79 Å².